The molecule has 0 bridgehead atoms. The van der Waals surface area contributed by atoms with Gasteiger partial charge in [0, 0.05) is 49.4 Å². The largest absolute Gasteiger partial charge is 0.369 e. The SMILES string of the molecule is CC(=O)c1ccc(N2CCN(Cn3nc(C4CC4)n(C4CC4)c3=S)CC2)cc1. The van der Waals surface area contributed by atoms with Gasteiger partial charge in [0.05, 0.1) is 6.67 Å². The Labute approximate surface area is 170 Å². The fourth-order valence-corrected chi connectivity index (χ4v) is 4.41. The molecule has 6 nitrogen and oxygen atoms in total. The predicted octanol–water partition coefficient (Wildman–Crippen LogP) is 3.61. The fourth-order valence-electron chi connectivity index (χ4n) is 4.07. The summed E-state index contributed by atoms with van der Waals surface area (Å²) >= 11 is 5.78. The number of aromatic nitrogens is 3. The summed E-state index contributed by atoms with van der Waals surface area (Å²) in [6.07, 6.45) is 5.03. The number of ketones is 1. The Morgan fingerprint density at radius 2 is 1.75 bits per heavy atom. The Balaban J connectivity index is 1.24. The molecule has 0 unspecified atom stereocenters. The zero-order valence-corrected chi connectivity index (χ0v) is 17.2. The molecule has 1 saturated heterocycles. The highest BCUT2D eigenvalue weighted by atomic mass is 32.1. The molecule has 2 saturated carbocycles. The minimum atomic E-state index is 0.115. The average molecular weight is 398 g/mol. The van der Waals surface area contributed by atoms with Crippen molar-refractivity contribution in [1.82, 2.24) is 19.2 Å². The second kappa shape index (κ2) is 7.12. The molecule has 148 valence electrons. The van der Waals surface area contributed by atoms with E-state index in [1.165, 1.54) is 37.2 Å². The number of nitrogens with zero attached hydrogens (tertiary/aromatic N) is 5. The van der Waals surface area contributed by atoms with E-state index in [0.29, 0.717) is 12.0 Å². The van der Waals surface area contributed by atoms with Crippen LogP contribution in [0.3, 0.4) is 0 Å². The molecule has 1 aliphatic heterocycles. The lowest BCUT2D eigenvalue weighted by Gasteiger charge is -2.35. The summed E-state index contributed by atoms with van der Waals surface area (Å²) in [5.41, 5.74) is 1.96. The molecule has 0 N–H and O–H groups in total. The molecule has 2 aliphatic carbocycles. The van der Waals surface area contributed by atoms with Crippen molar-refractivity contribution in [1.29, 1.82) is 0 Å². The van der Waals surface area contributed by atoms with Gasteiger partial charge in [-0.25, -0.2) is 4.68 Å². The third-order valence-electron chi connectivity index (χ3n) is 6.10. The molecule has 0 spiro atoms. The zero-order valence-electron chi connectivity index (χ0n) is 16.4. The van der Waals surface area contributed by atoms with Crippen LogP contribution in [0, 0.1) is 4.77 Å². The Morgan fingerprint density at radius 3 is 2.32 bits per heavy atom. The molecule has 1 aromatic heterocycles. The van der Waals surface area contributed by atoms with Gasteiger partial charge in [0.25, 0.3) is 0 Å². The first-order chi connectivity index (χ1) is 13.6. The van der Waals surface area contributed by atoms with Crippen molar-refractivity contribution < 1.29 is 4.79 Å². The Morgan fingerprint density at radius 1 is 1.07 bits per heavy atom. The van der Waals surface area contributed by atoms with Crippen LogP contribution in [0.2, 0.25) is 0 Å². The number of anilines is 1. The predicted molar refractivity (Wildman–Crippen MR) is 112 cm³/mol. The lowest BCUT2D eigenvalue weighted by molar-refractivity contribution is 0.101. The zero-order chi connectivity index (χ0) is 19.3. The van der Waals surface area contributed by atoms with Crippen LogP contribution in [0.15, 0.2) is 24.3 Å². The monoisotopic (exact) mass is 397 g/mol. The van der Waals surface area contributed by atoms with E-state index in [1.807, 2.05) is 12.1 Å². The van der Waals surface area contributed by atoms with E-state index in [2.05, 4.69) is 31.2 Å². The standard InChI is InChI=1S/C21H27N5OS/c1-15(27)16-4-6-18(7-5-16)24-12-10-23(11-13-24)14-25-21(28)26(19-8-9-19)20(22-25)17-2-3-17/h4-7,17,19H,2-3,8-14H2,1H3. The number of carbonyl (C=O) groups is 1. The molecule has 3 fully saturated rings. The van der Waals surface area contributed by atoms with Gasteiger partial charge in [-0.1, -0.05) is 0 Å². The second-order valence-electron chi connectivity index (χ2n) is 8.37. The molecule has 2 aromatic rings. The molecule has 0 amide bonds. The number of benzene rings is 1. The van der Waals surface area contributed by atoms with Crippen molar-refractivity contribution >= 4 is 23.7 Å². The van der Waals surface area contributed by atoms with Gasteiger partial charge in [-0.15, -0.1) is 0 Å². The van der Waals surface area contributed by atoms with Gasteiger partial charge < -0.3 is 9.47 Å². The molecule has 0 radical (unpaired) electrons. The number of carbonyl (C=O) groups excluding carboxylic acids is 1. The number of piperazine rings is 1. The highest BCUT2D eigenvalue weighted by Crippen LogP contribution is 2.44. The summed E-state index contributed by atoms with van der Waals surface area (Å²) in [6.45, 7) is 6.33. The molecule has 1 aromatic carbocycles. The Bertz CT molecular complexity index is 931. The topological polar surface area (TPSA) is 46.3 Å². The molecular weight excluding hydrogens is 370 g/mol. The number of rotatable bonds is 6. The average Bonchev–Trinajstić information content (AvgIpc) is 3.62. The van der Waals surface area contributed by atoms with Gasteiger partial charge in [-0.2, -0.15) is 5.10 Å². The minimum absolute atomic E-state index is 0.115. The van der Waals surface area contributed by atoms with Crippen LogP contribution < -0.4 is 4.90 Å². The summed E-state index contributed by atoms with van der Waals surface area (Å²) in [5, 5.41) is 4.92. The van der Waals surface area contributed by atoms with Gasteiger partial charge in [0.2, 0.25) is 0 Å². The highest BCUT2D eigenvalue weighted by Gasteiger charge is 2.36. The van der Waals surface area contributed by atoms with Gasteiger partial charge in [0.1, 0.15) is 5.82 Å². The van der Waals surface area contributed by atoms with Crippen LogP contribution in [-0.2, 0) is 6.67 Å². The van der Waals surface area contributed by atoms with Gasteiger partial charge >= 0.3 is 0 Å². The summed E-state index contributed by atoms with van der Waals surface area (Å²) in [6, 6.07) is 8.57. The normalized spacial score (nSPS) is 20.5. The van der Waals surface area contributed by atoms with Gasteiger partial charge in [-0.05, 0) is 69.1 Å². The van der Waals surface area contributed by atoms with Crippen LogP contribution >= 0.6 is 12.2 Å². The van der Waals surface area contributed by atoms with E-state index in [4.69, 9.17) is 17.3 Å². The summed E-state index contributed by atoms with van der Waals surface area (Å²) in [5.74, 6) is 1.99. The fraction of sp³-hybridized carbons (Fsp3) is 0.571. The van der Waals surface area contributed by atoms with Crippen molar-refractivity contribution in [2.24, 2.45) is 0 Å². The molecule has 2 heterocycles. The van der Waals surface area contributed by atoms with E-state index < -0.39 is 0 Å². The highest BCUT2D eigenvalue weighted by molar-refractivity contribution is 7.71. The van der Waals surface area contributed by atoms with Gasteiger partial charge in [-0.3, -0.25) is 9.69 Å². The maximum atomic E-state index is 11.5. The lowest BCUT2D eigenvalue weighted by Crippen LogP contribution is -2.47. The van der Waals surface area contributed by atoms with Crippen LogP contribution in [0.1, 0.15) is 60.7 Å². The molecule has 3 aliphatic rings. The smallest absolute Gasteiger partial charge is 0.199 e. The van der Waals surface area contributed by atoms with Crippen molar-refractivity contribution in [2.75, 3.05) is 31.1 Å². The summed E-state index contributed by atoms with van der Waals surface area (Å²) < 4.78 is 5.31. The Kier molecular flexibility index (Phi) is 4.59. The molecule has 28 heavy (non-hydrogen) atoms. The maximum absolute atomic E-state index is 11.5. The molecule has 0 atom stereocenters. The van der Waals surface area contributed by atoms with E-state index in [0.717, 1.165) is 43.2 Å². The number of Topliss-reactive ketones (excluding diaryl/α,β-unsaturated/α-hetero) is 1. The second-order valence-corrected chi connectivity index (χ2v) is 8.73. The van der Waals surface area contributed by atoms with Gasteiger partial charge in [0.15, 0.2) is 10.6 Å². The maximum Gasteiger partial charge on any atom is 0.199 e. The van der Waals surface area contributed by atoms with Crippen LogP contribution in [0.4, 0.5) is 5.69 Å². The van der Waals surface area contributed by atoms with Crippen molar-refractivity contribution in [3.63, 3.8) is 0 Å². The van der Waals surface area contributed by atoms with E-state index in [9.17, 15) is 4.79 Å². The first-order valence-corrected chi connectivity index (χ1v) is 10.8. The van der Waals surface area contributed by atoms with Crippen LogP contribution in [-0.4, -0.2) is 51.2 Å². The lowest BCUT2D eigenvalue weighted by atomic mass is 10.1. The van der Waals surface area contributed by atoms with Crippen molar-refractivity contribution in [3.05, 3.63) is 40.4 Å². The quantitative estimate of drug-likeness (QED) is 0.550. The Hall–Kier alpha value is -1.99. The number of hydrogen-bond donors (Lipinski definition) is 0. The summed E-state index contributed by atoms with van der Waals surface area (Å²) in [7, 11) is 0. The minimum Gasteiger partial charge on any atom is -0.369 e. The third-order valence-corrected chi connectivity index (χ3v) is 6.50. The first-order valence-electron chi connectivity index (χ1n) is 10.4. The van der Waals surface area contributed by atoms with Crippen LogP contribution in [0.25, 0.3) is 0 Å². The first kappa shape index (κ1) is 18.1. The molecule has 7 heteroatoms. The van der Waals surface area contributed by atoms with E-state index in [-0.39, 0.29) is 5.78 Å². The molecule has 5 rings (SSSR count). The molecular formula is C21H27N5OS. The van der Waals surface area contributed by atoms with E-state index in [1.54, 1.807) is 6.92 Å². The summed E-state index contributed by atoms with van der Waals surface area (Å²) in [4.78, 5) is 16.3. The van der Waals surface area contributed by atoms with Crippen molar-refractivity contribution in [2.45, 2.75) is 51.2 Å². The number of hydrogen-bond acceptors (Lipinski definition) is 5. The van der Waals surface area contributed by atoms with Crippen LogP contribution in [0.5, 0.6) is 0 Å². The third kappa shape index (κ3) is 3.53. The van der Waals surface area contributed by atoms with E-state index >= 15 is 0 Å². The van der Waals surface area contributed by atoms with Crippen molar-refractivity contribution in [3.8, 4) is 0 Å².